The van der Waals surface area contributed by atoms with Crippen molar-refractivity contribution < 1.29 is 19.4 Å². The van der Waals surface area contributed by atoms with Gasteiger partial charge in [0.25, 0.3) is 0 Å². The van der Waals surface area contributed by atoms with Crippen LogP contribution in [0, 0.1) is 0 Å². The number of rotatable bonds is 3. The molecule has 14 heavy (non-hydrogen) atoms. The van der Waals surface area contributed by atoms with E-state index in [1.54, 1.807) is 0 Å². The summed E-state index contributed by atoms with van der Waals surface area (Å²) in [6.07, 6.45) is -0.0893. The average Bonchev–Trinajstić information content (AvgIpc) is 2.47. The van der Waals surface area contributed by atoms with Crippen molar-refractivity contribution in [1.82, 2.24) is 0 Å². The van der Waals surface area contributed by atoms with Crippen molar-refractivity contribution in [1.29, 1.82) is 0 Å². The molecule has 1 aliphatic rings. The molecule has 1 rings (SSSR count). The first-order valence-corrected chi connectivity index (χ1v) is 4.73. The first-order chi connectivity index (χ1) is 6.67. The molecule has 0 aliphatic carbocycles. The molecule has 0 spiro atoms. The average molecular weight is 198 g/mol. The second kappa shape index (κ2) is 5.27. The SMILES string of the molecule is C/C=B\[C@H]1CC(OC(C)=O)[C@@H](CO)O1. The summed E-state index contributed by atoms with van der Waals surface area (Å²) in [6.45, 7) is 5.03. The van der Waals surface area contributed by atoms with Crippen LogP contribution in [0.2, 0.25) is 0 Å². The van der Waals surface area contributed by atoms with Crippen LogP contribution < -0.4 is 0 Å². The predicted molar refractivity (Wildman–Crippen MR) is 53.4 cm³/mol. The van der Waals surface area contributed by atoms with Gasteiger partial charge in [-0.25, -0.2) is 0 Å². The van der Waals surface area contributed by atoms with Crippen LogP contribution in [0.1, 0.15) is 20.3 Å². The van der Waals surface area contributed by atoms with Crippen molar-refractivity contribution in [3.05, 3.63) is 0 Å². The fraction of sp³-hybridized carbons (Fsp3) is 0.778. The molecule has 1 aliphatic heterocycles. The molecule has 1 fully saturated rings. The van der Waals surface area contributed by atoms with E-state index in [-0.39, 0.29) is 30.8 Å². The van der Waals surface area contributed by atoms with Gasteiger partial charge in [0.2, 0.25) is 0 Å². The molecule has 0 amide bonds. The van der Waals surface area contributed by atoms with Gasteiger partial charge >= 0.3 is 83.3 Å². The Kier molecular flexibility index (Phi) is 4.29. The normalized spacial score (nSPS) is 31.8. The van der Waals surface area contributed by atoms with E-state index in [9.17, 15) is 4.79 Å². The van der Waals surface area contributed by atoms with Gasteiger partial charge in [-0.1, -0.05) is 0 Å². The van der Waals surface area contributed by atoms with Crippen LogP contribution in [-0.2, 0) is 14.3 Å². The maximum atomic E-state index is 10.7. The molecule has 0 saturated carbocycles. The first kappa shape index (κ1) is 11.4. The van der Waals surface area contributed by atoms with Gasteiger partial charge < -0.3 is 0 Å². The fourth-order valence-electron chi connectivity index (χ4n) is 1.58. The van der Waals surface area contributed by atoms with E-state index in [4.69, 9.17) is 14.6 Å². The summed E-state index contributed by atoms with van der Waals surface area (Å²) in [7, 11) is 0. The number of aliphatic hydroxyl groups is 1. The molecule has 0 aromatic heterocycles. The standard InChI is InChI=1S/C9H15BO4/c1-3-10-9-4-7(13-6(2)12)8(5-11)14-9/h3,7-9,11H,4-5H2,1-2H3/t7?,8-,9-/m1/s1. The van der Waals surface area contributed by atoms with E-state index < -0.39 is 0 Å². The minimum atomic E-state index is -0.389. The topological polar surface area (TPSA) is 55.8 Å². The van der Waals surface area contributed by atoms with Crippen LogP contribution in [0.3, 0.4) is 0 Å². The van der Waals surface area contributed by atoms with Crippen molar-refractivity contribution >= 4 is 18.9 Å². The first-order valence-electron chi connectivity index (χ1n) is 4.73. The van der Waals surface area contributed by atoms with Crippen LogP contribution in [0.15, 0.2) is 0 Å². The van der Waals surface area contributed by atoms with Gasteiger partial charge in [0.15, 0.2) is 0 Å². The Balaban J connectivity index is 2.53. The number of carbonyl (C=O) groups is 1. The van der Waals surface area contributed by atoms with Crippen molar-refractivity contribution in [2.45, 2.75) is 38.5 Å². The maximum absolute atomic E-state index is 10.7. The van der Waals surface area contributed by atoms with Crippen molar-refractivity contribution in [2.75, 3.05) is 6.61 Å². The fourth-order valence-corrected chi connectivity index (χ4v) is 1.58. The molecule has 1 heterocycles. The van der Waals surface area contributed by atoms with Gasteiger partial charge in [-0.2, -0.15) is 0 Å². The summed E-state index contributed by atoms with van der Waals surface area (Å²) in [5.41, 5.74) is 0. The Hall–Kier alpha value is -0.675. The molecule has 4 nitrogen and oxygen atoms in total. The number of carbonyl (C=O) groups excluding carboxylic acids is 1. The Morgan fingerprint density at radius 1 is 1.79 bits per heavy atom. The van der Waals surface area contributed by atoms with Gasteiger partial charge in [-0.05, 0) is 0 Å². The Morgan fingerprint density at radius 3 is 3.00 bits per heavy atom. The predicted octanol–water partition coefficient (Wildman–Crippen LogP) is -0.448. The Bertz CT molecular complexity index is 229. The van der Waals surface area contributed by atoms with Crippen molar-refractivity contribution in [3.63, 3.8) is 0 Å². The van der Waals surface area contributed by atoms with E-state index in [2.05, 4.69) is 0 Å². The number of hydrogen-bond acceptors (Lipinski definition) is 4. The zero-order chi connectivity index (χ0) is 10.6. The zero-order valence-electron chi connectivity index (χ0n) is 8.47. The van der Waals surface area contributed by atoms with Crippen LogP contribution in [0.4, 0.5) is 0 Å². The summed E-state index contributed by atoms with van der Waals surface area (Å²) < 4.78 is 10.5. The molecule has 0 bridgehead atoms. The third-order valence-electron chi connectivity index (χ3n) is 2.13. The molecule has 0 aromatic rings. The quantitative estimate of drug-likeness (QED) is 0.493. The second-order valence-corrected chi connectivity index (χ2v) is 3.30. The number of hydrogen-bond donors (Lipinski definition) is 1. The van der Waals surface area contributed by atoms with Crippen LogP contribution >= 0.6 is 0 Å². The summed E-state index contributed by atoms with van der Waals surface area (Å²) in [5.74, 6) is 1.55. The molecule has 1 N–H and O–H groups in total. The van der Waals surface area contributed by atoms with Crippen molar-refractivity contribution in [3.8, 4) is 0 Å². The van der Waals surface area contributed by atoms with E-state index in [0.717, 1.165) is 0 Å². The van der Waals surface area contributed by atoms with Gasteiger partial charge in [0, 0.05) is 0 Å². The molecule has 5 heteroatoms. The molecular weight excluding hydrogens is 183 g/mol. The van der Waals surface area contributed by atoms with Crippen LogP contribution in [0.25, 0.3) is 0 Å². The van der Waals surface area contributed by atoms with Crippen molar-refractivity contribution in [2.24, 2.45) is 0 Å². The molecule has 1 unspecified atom stereocenters. The molecule has 1 saturated heterocycles. The summed E-state index contributed by atoms with van der Waals surface area (Å²) in [4.78, 5) is 10.7. The Morgan fingerprint density at radius 2 is 2.50 bits per heavy atom. The Labute approximate surface area is 84.1 Å². The zero-order valence-corrected chi connectivity index (χ0v) is 8.47. The van der Waals surface area contributed by atoms with E-state index in [0.29, 0.717) is 6.42 Å². The van der Waals surface area contributed by atoms with Gasteiger partial charge in [-0.15, -0.1) is 0 Å². The third kappa shape index (κ3) is 2.92. The second-order valence-electron chi connectivity index (χ2n) is 3.30. The van der Waals surface area contributed by atoms with Gasteiger partial charge in [0.05, 0.1) is 0 Å². The van der Waals surface area contributed by atoms with Gasteiger partial charge in [0.1, 0.15) is 0 Å². The molecular formula is C9H15BO4. The molecule has 0 radical (unpaired) electrons. The van der Waals surface area contributed by atoms with E-state index in [1.165, 1.54) is 6.92 Å². The van der Waals surface area contributed by atoms with Gasteiger partial charge in [-0.3, -0.25) is 0 Å². The van der Waals surface area contributed by atoms with E-state index in [1.807, 2.05) is 19.8 Å². The molecule has 78 valence electrons. The number of esters is 1. The van der Waals surface area contributed by atoms with E-state index >= 15 is 0 Å². The minimum absolute atomic E-state index is 0.0542. The van der Waals surface area contributed by atoms with Crippen LogP contribution in [0.5, 0.6) is 0 Å². The number of aliphatic hydroxyl groups excluding tert-OH is 1. The van der Waals surface area contributed by atoms with Crippen LogP contribution in [-0.4, -0.2) is 48.8 Å². The monoisotopic (exact) mass is 198 g/mol. The third-order valence-corrected chi connectivity index (χ3v) is 2.13. The summed E-state index contributed by atoms with van der Waals surface area (Å²) in [5, 5.41) is 8.99. The molecule has 3 atom stereocenters. The summed E-state index contributed by atoms with van der Waals surface area (Å²) >= 11 is 0. The molecule has 0 aromatic carbocycles. The number of ether oxygens (including phenoxy) is 2. The summed E-state index contributed by atoms with van der Waals surface area (Å²) in [6, 6.07) is -0.0542.